The minimum absolute atomic E-state index is 0.0727. The van der Waals surface area contributed by atoms with Gasteiger partial charge in [0.15, 0.2) is 0 Å². The zero-order chi connectivity index (χ0) is 13.2. The average molecular weight is 256 g/mol. The second kappa shape index (κ2) is 4.85. The van der Waals surface area contributed by atoms with Gasteiger partial charge in [-0.15, -0.1) is 0 Å². The first-order valence-electron chi connectivity index (χ1n) is 6.37. The van der Waals surface area contributed by atoms with Gasteiger partial charge in [0.25, 0.3) is 0 Å². The number of rotatable bonds is 4. The number of fused-ring (bicyclic) bond motifs is 1. The molecular weight excluding hydrogens is 240 g/mol. The number of aryl methyl sites for hydroxylation is 1. The highest BCUT2D eigenvalue weighted by Crippen LogP contribution is 2.27. The van der Waals surface area contributed by atoms with Gasteiger partial charge in [0.2, 0.25) is 0 Å². The second-order valence-electron chi connectivity index (χ2n) is 4.58. The molecule has 3 rings (SSSR count). The lowest BCUT2D eigenvalue weighted by Crippen LogP contribution is -2.21. The summed E-state index contributed by atoms with van der Waals surface area (Å²) in [4.78, 5) is 0. The Labute approximate surface area is 111 Å². The maximum Gasteiger partial charge on any atom is 0.134 e. The van der Waals surface area contributed by atoms with Gasteiger partial charge < -0.3 is 9.73 Å². The van der Waals surface area contributed by atoms with Crippen LogP contribution in [-0.2, 0) is 0 Å². The van der Waals surface area contributed by atoms with Crippen LogP contribution in [0, 0.1) is 6.92 Å². The summed E-state index contributed by atoms with van der Waals surface area (Å²) < 4.78 is 5.92. The minimum Gasteiger partial charge on any atom is -0.459 e. The van der Waals surface area contributed by atoms with E-state index in [1.54, 1.807) is 6.20 Å². The van der Waals surface area contributed by atoms with Crippen molar-refractivity contribution >= 4 is 11.0 Å². The van der Waals surface area contributed by atoms with E-state index in [-0.39, 0.29) is 6.04 Å². The maximum absolute atomic E-state index is 5.92. The van der Waals surface area contributed by atoms with Crippen molar-refractivity contribution in [1.82, 2.24) is 20.7 Å². The van der Waals surface area contributed by atoms with Gasteiger partial charge in [0.05, 0.1) is 6.20 Å². The fourth-order valence-electron chi connectivity index (χ4n) is 2.23. The average Bonchev–Trinajstić information content (AvgIpc) is 3.04. The largest absolute Gasteiger partial charge is 0.459 e. The molecular formula is C14H16N4O. The molecule has 2 N–H and O–H groups in total. The highest BCUT2D eigenvalue weighted by Gasteiger charge is 2.19. The quantitative estimate of drug-likeness (QED) is 0.753. The molecule has 0 amide bonds. The van der Waals surface area contributed by atoms with Crippen LogP contribution in [0.15, 0.2) is 34.9 Å². The van der Waals surface area contributed by atoms with Crippen LogP contribution in [0.25, 0.3) is 11.0 Å². The lowest BCUT2D eigenvalue weighted by molar-refractivity contribution is 0.471. The van der Waals surface area contributed by atoms with E-state index in [1.807, 2.05) is 12.1 Å². The van der Waals surface area contributed by atoms with Gasteiger partial charge in [0, 0.05) is 5.39 Å². The SMILES string of the molecule is CCNC(c1cn[nH]n1)c1cc2cc(C)ccc2o1. The van der Waals surface area contributed by atoms with E-state index in [1.165, 1.54) is 5.56 Å². The van der Waals surface area contributed by atoms with E-state index >= 15 is 0 Å². The van der Waals surface area contributed by atoms with E-state index in [0.29, 0.717) is 0 Å². The van der Waals surface area contributed by atoms with Crippen molar-refractivity contribution in [3.8, 4) is 0 Å². The smallest absolute Gasteiger partial charge is 0.134 e. The van der Waals surface area contributed by atoms with Crippen LogP contribution in [0.3, 0.4) is 0 Å². The lowest BCUT2D eigenvalue weighted by Gasteiger charge is -2.11. The number of benzene rings is 1. The molecule has 0 aliphatic carbocycles. The number of H-pyrrole nitrogens is 1. The van der Waals surface area contributed by atoms with E-state index in [0.717, 1.165) is 29.0 Å². The third kappa shape index (κ3) is 2.24. The zero-order valence-electron chi connectivity index (χ0n) is 11.0. The van der Waals surface area contributed by atoms with Crippen molar-refractivity contribution in [2.24, 2.45) is 0 Å². The number of aromatic amines is 1. The molecule has 1 atom stereocenters. The Morgan fingerprint density at radius 1 is 1.37 bits per heavy atom. The fraction of sp³-hybridized carbons (Fsp3) is 0.286. The number of aromatic nitrogens is 3. The van der Waals surface area contributed by atoms with Crippen molar-refractivity contribution in [3.63, 3.8) is 0 Å². The number of hydrogen-bond donors (Lipinski definition) is 2. The first kappa shape index (κ1) is 11.9. The predicted molar refractivity (Wildman–Crippen MR) is 72.9 cm³/mol. The van der Waals surface area contributed by atoms with Crippen LogP contribution < -0.4 is 5.32 Å². The van der Waals surface area contributed by atoms with Crippen LogP contribution in [-0.4, -0.2) is 22.0 Å². The van der Waals surface area contributed by atoms with Crippen LogP contribution in [0.4, 0.5) is 0 Å². The molecule has 0 aliphatic heterocycles. The molecule has 2 heterocycles. The molecule has 1 aromatic carbocycles. The number of hydrogen-bond acceptors (Lipinski definition) is 4. The third-order valence-electron chi connectivity index (χ3n) is 3.11. The van der Waals surface area contributed by atoms with Crippen molar-refractivity contribution in [2.45, 2.75) is 19.9 Å². The second-order valence-corrected chi connectivity index (χ2v) is 4.58. The Morgan fingerprint density at radius 2 is 2.26 bits per heavy atom. The van der Waals surface area contributed by atoms with Gasteiger partial charge in [-0.25, -0.2) is 0 Å². The van der Waals surface area contributed by atoms with Gasteiger partial charge in [0.1, 0.15) is 23.1 Å². The molecule has 0 radical (unpaired) electrons. The molecule has 98 valence electrons. The van der Waals surface area contributed by atoms with Crippen LogP contribution >= 0.6 is 0 Å². The van der Waals surface area contributed by atoms with Crippen LogP contribution in [0.5, 0.6) is 0 Å². The summed E-state index contributed by atoms with van der Waals surface area (Å²) in [7, 11) is 0. The zero-order valence-corrected chi connectivity index (χ0v) is 11.0. The van der Waals surface area contributed by atoms with Gasteiger partial charge in [-0.05, 0) is 31.7 Å². The third-order valence-corrected chi connectivity index (χ3v) is 3.11. The molecule has 0 fully saturated rings. The van der Waals surface area contributed by atoms with Gasteiger partial charge in [-0.3, -0.25) is 0 Å². The summed E-state index contributed by atoms with van der Waals surface area (Å²) >= 11 is 0. The highest BCUT2D eigenvalue weighted by molar-refractivity contribution is 5.78. The molecule has 0 saturated heterocycles. The normalized spacial score (nSPS) is 12.9. The summed E-state index contributed by atoms with van der Waals surface area (Å²) in [5, 5.41) is 15.1. The molecule has 1 unspecified atom stereocenters. The molecule has 3 aromatic rings. The summed E-state index contributed by atoms with van der Waals surface area (Å²) in [6, 6.07) is 8.16. The first-order valence-corrected chi connectivity index (χ1v) is 6.37. The highest BCUT2D eigenvalue weighted by atomic mass is 16.3. The molecule has 5 nitrogen and oxygen atoms in total. The fourth-order valence-corrected chi connectivity index (χ4v) is 2.23. The lowest BCUT2D eigenvalue weighted by atomic mass is 10.1. The van der Waals surface area contributed by atoms with E-state index in [2.05, 4.69) is 46.7 Å². The topological polar surface area (TPSA) is 66.7 Å². The number of nitrogens with one attached hydrogen (secondary N) is 2. The van der Waals surface area contributed by atoms with Crippen molar-refractivity contribution < 1.29 is 4.42 Å². The summed E-state index contributed by atoms with van der Waals surface area (Å²) in [6.07, 6.45) is 1.71. The first-order chi connectivity index (χ1) is 9.28. The van der Waals surface area contributed by atoms with Crippen LogP contribution in [0.1, 0.15) is 30.0 Å². The van der Waals surface area contributed by atoms with Crippen molar-refractivity contribution in [1.29, 1.82) is 0 Å². The molecule has 0 spiro atoms. The Bertz CT molecular complexity index is 672. The molecule has 5 heteroatoms. The molecule has 0 bridgehead atoms. The van der Waals surface area contributed by atoms with Crippen LogP contribution in [0.2, 0.25) is 0 Å². The van der Waals surface area contributed by atoms with Crippen molar-refractivity contribution in [2.75, 3.05) is 6.54 Å². The van der Waals surface area contributed by atoms with E-state index in [9.17, 15) is 0 Å². The summed E-state index contributed by atoms with van der Waals surface area (Å²) in [5.41, 5.74) is 2.95. The van der Waals surface area contributed by atoms with Crippen molar-refractivity contribution in [3.05, 3.63) is 47.5 Å². The predicted octanol–water partition coefficient (Wildman–Crippen LogP) is 2.56. The molecule has 19 heavy (non-hydrogen) atoms. The van der Waals surface area contributed by atoms with E-state index < -0.39 is 0 Å². The van der Waals surface area contributed by atoms with E-state index in [4.69, 9.17) is 4.42 Å². The summed E-state index contributed by atoms with van der Waals surface area (Å²) in [5.74, 6) is 0.858. The standard InChI is InChI=1S/C14H16N4O/c1-3-15-14(11-8-16-18-17-11)13-7-10-6-9(2)4-5-12(10)19-13/h4-8,14-15H,3H2,1-2H3,(H,16,17,18). The molecule has 2 aromatic heterocycles. The molecule has 0 saturated carbocycles. The number of furan rings is 1. The monoisotopic (exact) mass is 256 g/mol. The Morgan fingerprint density at radius 3 is 3.00 bits per heavy atom. The Balaban J connectivity index is 2.05. The maximum atomic E-state index is 5.92. The Hall–Kier alpha value is -2.14. The van der Waals surface area contributed by atoms with Gasteiger partial charge in [-0.1, -0.05) is 18.6 Å². The van der Waals surface area contributed by atoms with Gasteiger partial charge in [-0.2, -0.15) is 15.4 Å². The van der Waals surface area contributed by atoms with Gasteiger partial charge >= 0.3 is 0 Å². The minimum atomic E-state index is -0.0727. The number of nitrogens with zero attached hydrogens (tertiary/aromatic N) is 2. The molecule has 0 aliphatic rings. The Kier molecular flexibility index (Phi) is 3.05. The summed E-state index contributed by atoms with van der Waals surface area (Å²) in [6.45, 7) is 4.96.